The predicted molar refractivity (Wildman–Crippen MR) is 94.3 cm³/mol. The molecule has 0 unspecified atom stereocenters. The normalized spacial score (nSPS) is 10.8. The van der Waals surface area contributed by atoms with Gasteiger partial charge in [-0.15, -0.1) is 0 Å². The van der Waals surface area contributed by atoms with Crippen LogP contribution in [0.25, 0.3) is 11.2 Å². The Kier molecular flexibility index (Phi) is 4.29. The number of fused-ring (bicyclic) bond motifs is 1. The molecule has 2 aromatic heterocycles. The third kappa shape index (κ3) is 3.55. The number of carboxylic acids is 1. The molecular formula is C16H17N7O2. The molecule has 0 aliphatic heterocycles. The number of aromatic nitrogens is 4. The van der Waals surface area contributed by atoms with Gasteiger partial charge in [-0.2, -0.15) is 9.97 Å². The fraction of sp³-hybridized carbons (Fsp3) is 0.188. The minimum atomic E-state index is -0.943. The van der Waals surface area contributed by atoms with Crippen molar-refractivity contribution < 1.29 is 9.90 Å². The minimum absolute atomic E-state index is 0.0663. The second kappa shape index (κ2) is 6.56. The number of hydrogen-bond acceptors (Lipinski definition) is 8. The van der Waals surface area contributed by atoms with Crippen molar-refractivity contribution in [3.63, 3.8) is 0 Å². The number of nitrogens with zero attached hydrogens (tertiary/aromatic N) is 5. The molecule has 2 heterocycles. The van der Waals surface area contributed by atoms with Gasteiger partial charge in [0, 0.05) is 25.7 Å². The maximum absolute atomic E-state index is 10.9. The summed E-state index contributed by atoms with van der Waals surface area (Å²) in [7, 11) is 1.92. The Morgan fingerprint density at radius 1 is 1.16 bits per heavy atom. The van der Waals surface area contributed by atoms with Gasteiger partial charge in [0.1, 0.15) is 0 Å². The smallest absolute Gasteiger partial charge is 0.335 e. The molecule has 0 radical (unpaired) electrons. The van der Waals surface area contributed by atoms with Crippen molar-refractivity contribution in [3.05, 3.63) is 41.7 Å². The lowest BCUT2D eigenvalue weighted by Crippen LogP contribution is -2.21. The van der Waals surface area contributed by atoms with E-state index >= 15 is 0 Å². The summed E-state index contributed by atoms with van der Waals surface area (Å²) in [6.45, 7) is 0.669. The van der Waals surface area contributed by atoms with Gasteiger partial charge in [0.25, 0.3) is 0 Å². The first-order valence-electron chi connectivity index (χ1n) is 7.53. The van der Waals surface area contributed by atoms with Gasteiger partial charge in [-0.1, -0.05) is 0 Å². The molecule has 25 heavy (non-hydrogen) atoms. The van der Waals surface area contributed by atoms with E-state index in [9.17, 15) is 4.79 Å². The molecule has 3 rings (SSSR count). The van der Waals surface area contributed by atoms with Gasteiger partial charge < -0.3 is 21.5 Å². The highest BCUT2D eigenvalue weighted by molar-refractivity contribution is 5.88. The van der Waals surface area contributed by atoms with E-state index < -0.39 is 5.97 Å². The summed E-state index contributed by atoms with van der Waals surface area (Å²) in [6, 6.07) is 6.69. The van der Waals surface area contributed by atoms with E-state index in [0.717, 1.165) is 11.4 Å². The molecule has 0 spiro atoms. The summed E-state index contributed by atoms with van der Waals surface area (Å²) >= 11 is 0. The zero-order valence-corrected chi connectivity index (χ0v) is 13.5. The van der Waals surface area contributed by atoms with Crippen LogP contribution in [0.5, 0.6) is 0 Å². The molecule has 0 amide bonds. The van der Waals surface area contributed by atoms with Crippen molar-refractivity contribution in [3.8, 4) is 0 Å². The van der Waals surface area contributed by atoms with Gasteiger partial charge in [-0.3, -0.25) is 0 Å². The van der Waals surface area contributed by atoms with Crippen LogP contribution < -0.4 is 16.4 Å². The van der Waals surface area contributed by atoms with E-state index in [0.29, 0.717) is 24.1 Å². The highest BCUT2D eigenvalue weighted by atomic mass is 16.4. The van der Waals surface area contributed by atoms with Crippen molar-refractivity contribution >= 4 is 34.6 Å². The largest absolute Gasteiger partial charge is 0.478 e. The van der Waals surface area contributed by atoms with Crippen molar-refractivity contribution in [1.82, 2.24) is 19.9 Å². The molecular weight excluding hydrogens is 322 g/mol. The van der Waals surface area contributed by atoms with E-state index in [1.807, 2.05) is 11.9 Å². The number of hydrogen-bond donors (Lipinski definition) is 3. The molecule has 1 aromatic carbocycles. The average Bonchev–Trinajstić information content (AvgIpc) is 2.60. The van der Waals surface area contributed by atoms with Crippen molar-refractivity contribution in [2.45, 2.75) is 6.42 Å². The number of nitrogen functional groups attached to an aromatic ring is 2. The molecule has 5 N–H and O–H groups in total. The highest BCUT2D eigenvalue weighted by Gasteiger charge is 2.09. The number of carbonyl (C=O) groups is 1. The van der Waals surface area contributed by atoms with E-state index in [-0.39, 0.29) is 17.3 Å². The maximum atomic E-state index is 10.9. The molecule has 0 bridgehead atoms. The molecule has 128 valence electrons. The Labute approximate surface area is 143 Å². The van der Waals surface area contributed by atoms with E-state index in [4.69, 9.17) is 16.6 Å². The summed E-state index contributed by atoms with van der Waals surface area (Å²) in [5.74, 6) is -0.674. The Morgan fingerprint density at radius 2 is 1.88 bits per heavy atom. The first-order chi connectivity index (χ1) is 11.9. The van der Waals surface area contributed by atoms with Crippen molar-refractivity contribution in [2.24, 2.45) is 0 Å². The Morgan fingerprint density at radius 3 is 2.56 bits per heavy atom. The third-order valence-corrected chi connectivity index (χ3v) is 3.76. The second-order valence-electron chi connectivity index (χ2n) is 5.52. The molecule has 0 atom stereocenters. The SMILES string of the molecule is CN(CCc1cnc2nc(N)nc(N)c2n1)c1ccc(C(=O)O)cc1. The second-order valence-corrected chi connectivity index (χ2v) is 5.52. The van der Waals surface area contributed by atoms with E-state index in [2.05, 4.69) is 19.9 Å². The van der Waals surface area contributed by atoms with Crippen LogP contribution in [0.2, 0.25) is 0 Å². The van der Waals surface area contributed by atoms with Crippen LogP contribution in [0.1, 0.15) is 16.1 Å². The van der Waals surface area contributed by atoms with Gasteiger partial charge >= 0.3 is 5.97 Å². The molecule has 0 aliphatic rings. The highest BCUT2D eigenvalue weighted by Crippen LogP contribution is 2.17. The number of benzene rings is 1. The molecule has 0 aliphatic carbocycles. The number of anilines is 3. The Bertz CT molecular complexity index is 928. The van der Waals surface area contributed by atoms with Gasteiger partial charge in [0.05, 0.1) is 17.5 Å². The van der Waals surface area contributed by atoms with Crippen LogP contribution in [0.4, 0.5) is 17.5 Å². The van der Waals surface area contributed by atoms with Gasteiger partial charge in [0.15, 0.2) is 17.0 Å². The summed E-state index contributed by atoms with van der Waals surface area (Å²) < 4.78 is 0. The number of rotatable bonds is 5. The van der Waals surface area contributed by atoms with Crippen LogP contribution >= 0.6 is 0 Å². The molecule has 9 heteroatoms. The first-order valence-corrected chi connectivity index (χ1v) is 7.53. The quantitative estimate of drug-likeness (QED) is 0.619. The number of likely N-dealkylation sites (N-methyl/N-ethyl adjacent to an activating group) is 1. The lowest BCUT2D eigenvalue weighted by Gasteiger charge is -2.19. The standard InChI is InChI=1S/C16H17N7O2/c1-23(11-4-2-9(3-5-11)15(24)25)7-6-10-8-19-14-12(20-10)13(17)21-16(18)22-14/h2-5,8H,6-7H2,1H3,(H,24,25)(H4,17,18,19,21,22). The fourth-order valence-electron chi connectivity index (χ4n) is 2.37. The summed E-state index contributed by atoms with van der Waals surface area (Å²) in [4.78, 5) is 29.5. The fourth-order valence-corrected chi connectivity index (χ4v) is 2.37. The number of aromatic carboxylic acids is 1. The number of nitrogens with two attached hydrogens (primary N) is 2. The molecule has 0 saturated heterocycles. The Balaban J connectivity index is 1.72. The topological polar surface area (TPSA) is 144 Å². The monoisotopic (exact) mass is 339 g/mol. The lowest BCUT2D eigenvalue weighted by atomic mass is 10.2. The van der Waals surface area contributed by atoms with Crippen LogP contribution in [0, 0.1) is 0 Å². The summed E-state index contributed by atoms with van der Waals surface area (Å²) in [5, 5.41) is 8.94. The Hall–Kier alpha value is -3.49. The van der Waals surface area contributed by atoms with E-state index in [1.54, 1.807) is 30.5 Å². The lowest BCUT2D eigenvalue weighted by molar-refractivity contribution is 0.0697. The average molecular weight is 339 g/mol. The molecule has 9 nitrogen and oxygen atoms in total. The predicted octanol–water partition coefficient (Wildman–Crippen LogP) is 0.961. The zero-order chi connectivity index (χ0) is 18.0. The van der Waals surface area contributed by atoms with Crippen LogP contribution in [-0.2, 0) is 6.42 Å². The van der Waals surface area contributed by atoms with Crippen molar-refractivity contribution in [2.75, 3.05) is 30.0 Å². The molecule has 0 saturated carbocycles. The van der Waals surface area contributed by atoms with Gasteiger partial charge in [-0.05, 0) is 24.3 Å². The van der Waals surface area contributed by atoms with Crippen molar-refractivity contribution in [1.29, 1.82) is 0 Å². The molecule has 0 fully saturated rings. The zero-order valence-electron chi connectivity index (χ0n) is 13.5. The number of carboxylic acid groups (broad SMARTS) is 1. The summed E-state index contributed by atoms with van der Waals surface area (Å²) in [6.07, 6.45) is 2.26. The maximum Gasteiger partial charge on any atom is 0.335 e. The van der Waals surface area contributed by atoms with Gasteiger partial charge in [0.2, 0.25) is 5.95 Å². The summed E-state index contributed by atoms with van der Waals surface area (Å²) in [5.41, 5.74) is 14.1. The molecule has 3 aromatic rings. The third-order valence-electron chi connectivity index (χ3n) is 3.76. The van der Waals surface area contributed by atoms with Gasteiger partial charge in [-0.25, -0.2) is 14.8 Å². The minimum Gasteiger partial charge on any atom is -0.478 e. The van der Waals surface area contributed by atoms with Crippen LogP contribution in [0.15, 0.2) is 30.5 Å². The van der Waals surface area contributed by atoms with Crippen LogP contribution in [0.3, 0.4) is 0 Å². The first kappa shape index (κ1) is 16.4. The van der Waals surface area contributed by atoms with Crippen LogP contribution in [-0.4, -0.2) is 44.6 Å². The van der Waals surface area contributed by atoms with E-state index in [1.165, 1.54) is 0 Å².